The molecule has 2 aromatic carbocycles. The molecule has 0 amide bonds. The van der Waals surface area contributed by atoms with Crippen molar-refractivity contribution in [3.8, 4) is 45.8 Å². The number of aromatic nitrogens is 3. The molecule has 0 saturated carbocycles. The van der Waals surface area contributed by atoms with E-state index in [9.17, 15) is 30.0 Å². The van der Waals surface area contributed by atoms with E-state index in [1.165, 1.54) is 0 Å². The molecule has 3 aromatic rings. The van der Waals surface area contributed by atoms with E-state index < -0.39 is 46.1 Å². The molecule has 0 atom stereocenters. The molecule has 1 heterocycles. The summed E-state index contributed by atoms with van der Waals surface area (Å²) in [6, 6.07) is 3.71. The summed E-state index contributed by atoms with van der Waals surface area (Å²) in [4.78, 5) is 33.9. The first kappa shape index (κ1) is 18.4. The minimum atomic E-state index is -1.50. The Bertz CT molecular complexity index is 1040. The normalized spacial score (nSPS) is 10.6. The maximum Gasteiger partial charge on any atom is 0.339 e. The second-order valence-corrected chi connectivity index (χ2v) is 5.52. The van der Waals surface area contributed by atoms with Crippen LogP contribution >= 0.6 is 0 Å². The molecule has 1 aromatic heterocycles. The van der Waals surface area contributed by atoms with E-state index in [0.29, 0.717) is 0 Å². The Balaban J connectivity index is 2.21. The van der Waals surface area contributed by atoms with Gasteiger partial charge in [-0.15, -0.1) is 0 Å². The second-order valence-electron chi connectivity index (χ2n) is 5.52. The van der Waals surface area contributed by atoms with Gasteiger partial charge >= 0.3 is 11.9 Å². The number of carboxylic acid groups (broad SMARTS) is 2. The number of aromatic carboxylic acids is 2. The molecule has 28 heavy (non-hydrogen) atoms. The van der Waals surface area contributed by atoms with Crippen LogP contribution in [0, 0.1) is 0 Å². The first-order chi connectivity index (χ1) is 13.2. The minimum absolute atomic E-state index is 0.237. The van der Waals surface area contributed by atoms with E-state index in [0.717, 1.165) is 30.6 Å². The molecular weight excluding hydrogens is 374 g/mol. The number of benzene rings is 2. The number of carboxylic acids is 2. The monoisotopic (exact) mass is 385 g/mol. The Hall–Kier alpha value is -4.41. The van der Waals surface area contributed by atoms with Crippen LogP contribution in [0.2, 0.25) is 0 Å². The summed E-state index contributed by atoms with van der Waals surface area (Å²) >= 11 is 0. The minimum Gasteiger partial charge on any atom is -0.508 e. The molecular formula is C17H11N3O8. The van der Waals surface area contributed by atoms with Crippen molar-refractivity contribution >= 4 is 11.9 Å². The number of hydrogen-bond acceptors (Lipinski definition) is 9. The van der Waals surface area contributed by atoms with Gasteiger partial charge in [-0.3, -0.25) is 0 Å². The van der Waals surface area contributed by atoms with Crippen LogP contribution in [-0.2, 0) is 0 Å². The van der Waals surface area contributed by atoms with Gasteiger partial charge in [-0.25, -0.2) is 24.5 Å². The lowest BCUT2D eigenvalue weighted by molar-refractivity contribution is 0.0682. The van der Waals surface area contributed by atoms with Gasteiger partial charge in [0.15, 0.2) is 11.6 Å². The van der Waals surface area contributed by atoms with Gasteiger partial charge in [-0.2, -0.15) is 0 Å². The highest BCUT2D eigenvalue weighted by Crippen LogP contribution is 2.37. The second kappa shape index (κ2) is 6.72. The van der Waals surface area contributed by atoms with E-state index in [2.05, 4.69) is 15.0 Å². The molecule has 0 aliphatic rings. The molecule has 0 spiro atoms. The smallest absolute Gasteiger partial charge is 0.339 e. The Labute approximate surface area is 155 Å². The first-order valence-electron chi connectivity index (χ1n) is 7.47. The van der Waals surface area contributed by atoms with Crippen LogP contribution in [0.1, 0.15) is 20.7 Å². The Morgan fingerprint density at radius 1 is 0.679 bits per heavy atom. The molecule has 0 saturated heterocycles. The highest BCUT2D eigenvalue weighted by atomic mass is 16.4. The molecule has 0 aliphatic heterocycles. The Kier molecular flexibility index (Phi) is 4.41. The van der Waals surface area contributed by atoms with Crippen molar-refractivity contribution in [1.29, 1.82) is 0 Å². The summed E-state index contributed by atoms with van der Waals surface area (Å²) in [6.07, 6.45) is 0.964. The zero-order chi connectivity index (χ0) is 20.6. The van der Waals surface area contributed by atoms with Crippen molar-refractivity contribution in [3.05, 3.63) is 41.7 Å². The SMILES string of the molecule is O=C(O)c1cc(O)cc(-c2ncnc(-c3cc(O)cc(C(=O)O)c3O)n2)c1O. The lowest BCUT2D eigenvalue weighted by atomic mass is 10.1. The van der Waals surface area contributed by atoms with Crippen molar-refractivity contribution in [3.63, 3.8) is 0 Å². The zero-order valence-corrected chi connectivity index (χ0v) is 13.7. The number of carbonyl (C=O) groups is 2. The standard InChI is InChI=1S/C17H11N3O8/c21-6-1-8(12(23)10(3-6)16(25)26)14-18-5-19-15(20-14)9-2-7(22)4-11(13(9)24)17(27)28/h1-5,21-24H,(H,25,26)(H,27,28). The van der Waals surface area contributed by atoms with Crippen LogP contribution in [0.4, 0.5) is 0 Å². The molecule has 0 aliphatic carbocycles. The number of nitrogens with zero attached hydrogens (tertiary/aromatic N) is 3. The predicted molar refractivity (Wildman–Crippen MR) is 91.3 cm³/mol. The third-order valence-corrected chi connectivity index (χ3v) is 3.70. The lowest BCUT2D eigenvalue weighted by Crippen LogP contribution is -2.02. The maximum absolute atomic E-state index is 11.2. The summed E-state index contributed by atoms with van der Waals surface area (Å²) < 4.78 is 0. The molecule has 3 rings (SSSR count). The zero-order valence-electron chi connectivity index (χ0n) is 13.7. The maximum atomic E-state index is 11.2. The van der Waals surface area contributed by atoms with E-state index in [4.69, 9.17) is 10.2 Å². The molecule has 0 fully saturated rings. The molecule has 0 radical (unpaired) electrons. The number of aromatic hydroxyl groups is 4. The van der Waals surface area contributed by atoms with E-state index in [1.54, 1.807) is 0 Å². The molecule has 11 heteroatoms. The average molecular weight is 385 g/mol. The van der Waals surface area contributed by atoms with Crippen molar-refractivity contribution < 1.29 is 40.2 Å². The average Bonchev–Trinajstić information content (AvgIpc) is 2.64. The summed E-state index contributed by atoms with van der Waals surface area (Å²) in [7, 11) is 0. The summed E-state index contributed by atoms with van der Waals surface area (Å²) in [6.45, 7) is 0. The first-order valence-corrected chi connectivity index (χ1v) is 7.47. The Morgan fingerprint density at radius 2 is 1.07 bits per heavy atom. The quantitative estimate of drug-likeness (QED) is 0.355. The fourth-order valence-corrected chi connectivity index (χ4v) is 2.46. The van der Waals surface area contributed by atoms with Gasteiger partial charge in [-0.05, 0) is 24.3 Å². The van der Waals surface area contributed by atoms with Gasteiger partial charge in [0.2, 0.25) is 0 Å². The number of hydrogen-bond donors (Lipinski definition) is 6. The number of phenolic OH excluding ortho intramolecular Hbond substituents is 2. The molecule has 11 nitrogen and oxygen atoms in total. The van der Waals surface area contributed by atoms with Gasteiger partial charge < -0.3 is 30.6 Å². The predicted octanol–water partition coefficient (Wildman–Crippen LogP) is 1.42. The van der Waals surface area contributed by atoms with Crippen LogP contribution in [-0.4, -0.2) is 57.5 Å². The van der Waals surface area contributed by atoms with Crippen LogP contribution < -0.4 is 0 Å². The van der Waals surface area contributed by atoms with E-state index in [-0.39, 0.29) is 22.8 Å². The summed E-state index contributed by atoms with van der Waals surface area (Å²) in [5.74, 6) is -5.90. The van der Waals surface area contributed by atoms with E-state index >= 15 is 0 Å². The van der Waals surface area contributed by atoms with Crippen LogP contribution in [0.25, 0.3) is 22.8 Å². The highest BCUT2D eigenvalue weighted by Gasteiger charge is 2.22. The fraction of sp³-hybridized carbons (Fsp3) is 0. The summed E-state index contributed by atoms with van der Waals surface area (Å²) in [5, 5.41) is 57.9. The third-order valence-electron chi connectivity index (χ3n) is 3.70. The molecule has 0 unspecified atom stereocenters. The van der Waals surface area contributed by atoms with E-state index in [1.807, 2.05) is 0 Å². The van der Waals surface area contributed by atoms with Gasteiger partial charge in [-0.1, -0.05) is 0 Å². The highest BCUT2D eigenvalue weighted by molar-refractivity contribution is 5.95. The largest absolute Gasteiger partial charge is 0.508 e. The number of rotatable bonds is 4. The van der Waals surface area contributed by atoms with Crippen molar-refractivity contribution in [2.24, 2.45) is 0 Å². The van der Waals surface area contributed by atoms with Gasteiger partial charge in [0.05, 0.1) is 11.1 Å². The lowest BCUT2D eigenvalue weighted by Gasteiger charge is -2.10. The topological polar surface area (TPSA) is 194 Å². The van der Waals surface area contributed by atoms with Crippen LogP contribution in [0.5, 0.6) is 23.0 Å². The molecule has 142 valence electrons. The van der Waals surface area contributed by atoms with Gasteiger partial charge in [0.25, 0.3) is 0 Å². The Morgan fingerprint density at radius 3 is 1.43 bits per heavy atom. The van der Waals surface area contributed by atoms with Gasteiger partial charge in [0, 0.05) is 0 Å². The van der Waals surface area contributed by atoms with Crippen LogP contribution in [0.3, 0.4) is 0 Å². The summed E-state index contributed by atoms with van der Waals surface area (Å²) in [5.41, 5.74) is -1.66. The van der Waals surface area contributed by atoms with Crippen LogP contribution in [0.15, 0.2) is 30.6 Å². The van der Waals surface area contributed by atoms with Crippen molar-refractivity contribution in [1.82, 2.24) is 15.0 Å². The fourth-order valence-electron chi connectivity index (χ4n) is 2.46. The third kappa shape index (κ3) is 3.19. The van der Waals surface area contributed by atoms with Gasteiger partial charge in [0.1, 0.15) is 40.5 Å². The number of phenols is 4. The van der Waals surface area contributed by atoms with Crippen molar-refractivity contribution in [2.75, 3.05) is 0 Å². The molecule has 6 N–H and O–H groups in total. The van der Waals surface area contributed by atoms with Crippen molar-refractivity contribution in [2.45, 2.75) is 0 Å². The molecule has 0 bridgehead atoms.